The lowest BCUT2D eigenvalue weighted by Crippen LogP contribution is -2.16. The molecule has 0 unspecified atom stereocenters. The van der Waals surface area contributed by atoms with E-state index in [4.69, 9.17) is 4.74 Å². The molecule has 0 spiro atoms. The van der Waals surface area contributed by atoms with E-state index in [-0.39, 0.29) is 0 Å². The third kappa shape index (κ3) is 3.58. The Hall–Kier alpha value is -1.39. The number of aromatic nitrogens is 1. The Morgan fingerprint density at radius 1 is 1.20 bits per heavy atom. The van der Waals surface area contributed by atoms with E-state index in [1.165, 1.54) is 18.4 Å². The molecule has 3 rings (SSSR count). The van der Waals surface area contributed by atoms with Gasteiger partial charge in [-0.1, -0.05) is 34.1 Å². The molecule has 1 aliphatic rings. The van der Waals surface area contributed by atoms with Crippen LogP contribution in [0.4, 0.5) is 0 Å². The first kappa shape index (κ1) is 13.6. The minimum Gasteiger partial charge on any atom is -0.487 e. The van der Waals surface area contributed by atoms with Gasteiger partial charge in [-0.3, -0.25) is 4.98 Å². The molecule has 0 amide bonds. The van der Waals surface area contributed by atoms with Crippen molar-refractivity contribution in [3.63, 3.8) is 0 Å². The van der Waals surface area contributed by atoms with Crippen LogP contribution in [0.5, 0.6) is 5.75 Å². The molecule has 0 atom stereocenters. The molecule has 1 N–H and O–H groups in total. The molecule has 3 nitrogen and oxygen atoms in total. The van der Waals surface area contributed by atoms with Crippen molar-refractivity contribution in [2.45, 2.75) is 32.0 Å². The summed E-state index contributed by atoms with van der Waals surface area (Å²) in [6.07, 6.45) is 6.19. The summed E-state index contributed by atoms with van der Waals surface area (Å²) in [5.74, 6) is 0.858. The highest BCUT2D eigenvalue weighted by Crippen LogP contribution is 2.23. The van der Waals surface area contributed by atoms with Gasteiger partial charge in [-0.2, -0.15) is 0 Å². The largest absolute Gasteiger partial charge is 0.487 e. The first-order valence-electron chi connectivity index (χ1n) is 6.85. The van der Waals surface area contributed by atoms with Gasteiger partial charge in [0.15, 0.2) is 0 Å². The molecule has 4 heteroatoms. The molecule has 1 fully saturated rings. The van der Waals surface area contributed by atoms with Crippen molar-refractivity contribution in [2.24, 2.45) is 0 Å². The monoisotopic (exact) mass is 332 g/mol. The second-order valence-corrected chi connectivity index (χ2v) is 5.87. The molecule has 0 aliphatic heterocycles. The van der Waals surface area contributed by atoms with Crippen LogP contribution in [0.15, 0.2) is 47.2 Å². The molecule has 0 saturated heterocycles. The van der Waals surface area contributed by atoms with Gasteiger partial charge in [-0.05, 0) is 25.0 Å². The van der Waals surface area contributed by atoms with Crippen LogP contribution in [0.25, 0.3) is 0 Å². The fraction of sp³-hybridized carbons (Fsp3) is 0.312. The summed E-state index contributed by atoms with van der Waals surface area (Å²) in [7, 11) is 0. The lowest BCUT2D eigenvalue weighted by atomic mass is 10.2. The van der Waals surface area contributed by atoms with E-state index in [0.29, 0.717) is 12.6 Å². The Morgan fingerprint density at radius 3 is 2.85 bits per heavy atom. The van der Waals surface area contributed by atoms with Crippen LogP contribution in [0.2, 0.25) is 0 Å². The molecule has 0 radical (unpaired) electrons. The lowest BCUT2D eigenvalue weighted by Gasteiger charge is -2.12. The Labute approximate surface area is 127 Å². The Morgan fingerprint density at radius 2 is 2.05 bits per heavy atom. The average Bonchev–Trinajstić information content (AvgIpc) is 3.29. The highest BCUT2D eigenvalue weighted by Gasteiger charge is 2.20. The van der Waals surface area contributed by atoms with Crippen molar-refractivity contribution in [3.8, 4) is 5.75 Å². The zero-order valence-electron chi connectivity index (χ0n) is 11.2. The number of pyridine rings is 1. The molecule has 1 aromatic carbocycles. The Balaban J connectivity index is 1.65. The fourth-order valence-corrected chi connectivity index (χ4v) is 2.40. The zero-order chi connectivity index (χ0) is 13.8. The first-order chi connectivity index (χ1) is 9.83. The van der Waals surface area contributed by atoms with Gasteiger partial charge in [0, 0.05) is 34.4 Å². The number of ether oxygens (including phenoxy) is 1. The number of nitrogens with zero attached hydrogens (tertiary/aromatic N) is 1. The lowest BCUT2D eigenvalue weighted by molar-refractivity contribution is 0.300. The molecular formula is C16H17BrN2O. The third-order valence-corrected chi connectivity index (χ3v) is 4.14. The average molecular weight is 333 g/mol. The van der Waals surface area contributed by atoms with Crippen molar-refractivity contribution in [1.29, 1.82) is 0 Å². The maximum Gasteiger partial charge on any atom is 0.142 e. The van der Waals surface area contributed by atoms with Gasteiger partial charge in [0.1, 0.15) is 12.4 Å². The number of halogens is 1. The summed E-state index contributed by atoms with van der Waals surface area (Å²) < 4.78 is 7.00. The number of benzene rings is 1. The second kappa shape index (κ2) is 6.37. The maximum atomic E-state index is 5.92. The molecule has 20 heavy (non-hydrogen) atoms. The van der Waals surface area contributed by atoms with Crippen molar-refractivity contribution < 1.29 is 4.74 Å². The summed E-state index contributed by atoms with van der Waals surface area (Å²) in [6.45, 7) is 1.39. The van der Waals surface area contributed by atoms with Gasteiger partial charge in [0.25, 0.3) is 0 Å². The topological polar surface area (TPSA) is 34.1 Å². The van der Waals surface area contributed by atoms with Crippen LogP contribution in [0.1, 0.15) is 24.0 Å². The molecule has 1 aromatic heterocycles. The smallest absolute Gasteiger partial charge is 0.142 e. The third-order valence-electron chi connectivity index (χ3n) is 3.37. The predicted molar refractivity (Wildman–Crippen MR) is 82.6 cm³/mol. The summed E-state index contributed by atoms with van der Waals surface area (Å²) >= 11 is 3.54. The SMILES string of the molecule is Brc1ccccc1COc1cnccc1CNC1CC1. The van der Waals surface area contributed by atoms with Gasteiger partial charge in [-0.15, -0.1) is 0 Å². The van der Waals surface area contributed by atoms with E-state index in [9.17, 15) is 0 Å². The van der Waals surface area contributed by atoms with Crippen LogP contribution in [0, 0.1) is 0 Å². The number of hydrogen-bond acceptors (Lipinski definition) is 3. The van der Waals surface area contributed by atoms with Crippen molar-refractivity contribution in [2.75, 3.05) is 0 Å². The van der Waals surface area contributed by atoms with Crippen LogP contribution < -0.4 is 10.1 Å². The van der Waals surface area contributed by atoms with Crippen LogP contribution in [-0.2, 0) is 13.2 Å². The van der Waals surface area contributed by atoms with E-state index in [1.807, 2.05) is 30.5 Å². The van der Waals surface area contributed by atoms with Crippen LogP contribution >= 0.6 is 15.9 Å². The number of nitrogens with one attached hydrogen (secondary N) is 1. The van der Waals surface area contributed by atoms with Gasteiger partial charge >= 0.3 is 0 Å². The van der Waals surface area contributed by atoms with Crippen LogP contribution in [0.3, 0.4) is 0 Å². The van der Waals surface area contributed by atoms with E-state index < -0.39 is 0 Å². The zero-order valence-corrected chi connectivity index (χ0v) is 12.8. The van der Waals surface area contributed by atoms with Crippen LogP contribution in [-0.4, -0.2) is 11.0 Å². The van der Waals surface area contributed by atoms with E-state index in [1.54, 1.807) is 6.20 Å². The Kier molecular flexibility index (Phi) is 4.33. The molecule has 2 aromatic rings. The predicted octanol–water partition coefficient (Wildman–Crippen LogP) is 3.68. The van der Waals surface area contributed by atoms with E-state index >= 15 is 0 Å². The number of hydrogen-bond donors (Lipinski definition) is 1. The number of rotatable bonds is 6. The van der Waals surface area contributed by atoms with Gasteiger partial charge in [-0.25, -0.2) is 0 Å². The molecule has 104 valence electrons. The van der Waals surface area contributed by atoms with E-state index in [2.05, 4.69) is 32.3 Å². The highest BCUT2D eigenvalue weighted by atomic mass is 79.9. The van der Waals surface area contributed by atoms with Crippen molar-refractivity contribution in [1.82, 2.24) is 10.3 Å². The molecule has 1 saturated carbocycles. The minimum atomic E-state index is 0.545. The highest BCUT2D eigenvalue weighted by molar-refractivity contribution is 9.10. The maximum absolute atomic E-state index is 5.92. The Bertz CT molecular complexity index is 584. The van der Waals surface area contributed by atoms with Gasteiger partial charge in [0.05, 0.1) is 6.20 Å². The standard InChI is InChI=1S/C16H17BrN2O/c17-15-4-2-1-3-13(15)11-20-16-10-18-8-7-12(16)9-19-14-5-6-14/h1-4,7-8,10,14,19H,5-6,9,11H2. The summed E-state index contributed by atoms with van der Waals surface area (Å²) in [5.41, 5.74) is 2.30. The normalized spacial score (nSPS) is 14.2. The summed E-state index contributed by atoms with van der Waals surface area (Å²) in [4.78, 5) is 4.16. The molecule has 0 bridgehead atoms. The summed E-state index contributed by atoms with van der Waals surface area (Å²) in [5, 5.41) is 3.51. The van der Waals surface area contributed by atoms with Gasteiger partial charge < -0.3 is 10.1 Å². The molecule has 1 heterocycles. The van der Waals surface area contributed by atoms with Crippen molar-refractivity contribution >= 4 is 15.9 Å². The summed E-state index contributed by atoms with van der Waals surface area (Å²) in [6, 6.07) is 10.8. The first-order valence-corrected chi connectivity index (χ1v) is 7.65. The fourth-order valence-electron chi connectivity index (χ4n) is 2.00. The van der Waals surface area contributed by atoms with Crippen molar-refractivity contribution in [3.05, 3.63) is 58.3 Å². The molecule has 1 aliphatic carbocycles. The minimum absolute atomic E-state index is 0.545. The van der Waals surface area contributed by atoms with Gasteiger partial charge in [0.2, 0.25) is 0 Å². The second-order valence-electron chi connectivity index (χ2n) is 5.02. The van der Waals surface area contributed by atoms with E-state index in [0.717, 1.165) is 22.3 Å². The quantitative estimate of drug-likeness (QED) is 0.876. The molecular weight excluding hydrogens is 316 g/mol.